The van der Waals surface area contributed by atoms with Crippen LogP contribution in [-0.4, -0.2) is 31.1 Å². The summed E-state index contributed by atoms with van der Waals surface area (Å²) in [5, 5.41) is 4.66. The van der Waals surface area contributed by atoms with E-state index in [0.717, 1.165) is 32.6 Å². The molecule has 0 bridgehead atoms. The van der Waals surface area contributed by atoms with Crippen molar-refractivity contribution in [2.24, 2.45) is 0 Å². The topological polar surface area (TPSA) is 15.3 Å². The summed E-state index contributed by atoms with van der Waals surface area (Å²) in [6.07, 6.45) is 1.10. The van der Waals surface area contributed by atoms with E-state index in [2.05, 4.69) is 23.2 Å². The molecule has 1 aromatic carbocycles. The molecule has 1 aliphatic rings. The molecule has 1 heterocycles. The van der Waals surface area contributed by atoms with Crippen molar-refractivity contribution in [3.63, 3.8) is 0 Å². The molecule has 94 valence electrons. The van der Waals surface area contributed by atoms with Gasteiger partial charge in [-0.15, -0.1) is 0 Å². The fourth-order valence-electron chi connectivity index (χ4n) is 2.42. The third-order valence-electron chi connectivity index (χ3n) is 3.31. The zero-order chi connectivity index (χ0) is 12.3. The quantitative estimate of drug-likeness (QED) is 0.908. The number of nitrogens with one attached hydrogen (secondary N) is 1. The predicted octanol–water partition coefficient (Wildman–Crippen LogP) is 3.35. The Bertz CT molecular complexity index is 376. The highest BCUT2D eigenvalue weighted by molar-refractivity contribution is 6.42. The molecule has 2 nitrogen and oxygen atoms in total. The normalized spacial score (nSPS) is 19.2. The van der Waals surface area contributed by atoms with Crippen molar-refractivity contribution in [2.45, 2.75) is 19.4 Å². The molecular formula is C13H18Cl2N2. The van der Waals surface area contributed by atoms with Gasteiger partial charge in [0.1, 0.15) is 0 Å². The minimum absolute atomic E-state index is 0.451. The summed E-state index contributed by atoms with van der Waals surface area (Å²) in [4.78, 5) is 2.51. The fourth-order valence-corrected chi connectivity index (χ4v) is 2.72. The van der Waals surface area contributed by atoms with Gasteiger partial charge in [-0.05, 0) is 24.1 Å². The lowest BCUT2D eigenvalue weighted by Crippen LogP contribution is -2.45. The summed E-state index contributed by atoms with van der Waals surface area (Å²) in [6.45, 7) is 6.54. The van der Waals surface area contributed by atoms with Gasteiger partial charge in [0.25, 0.3) is 0 Å². The average molecular weight is 273 g/mol. The van der Waals surface area contributed by atoms with Gasteiger partial charge < -0.3 is 5.32 Å². The van der Waals surface area contributed by atoms with Crippen LogP contribution in [0.2, 0.25) is 10.0 Å². The summed E-state index contributed by atoms with van der Waals surface area (Å²) in [5.74, 6) is 0. The summed E-state index contributed by atoms with van der Waals surface area (Å²) in [6, 6.07) is 6.43. The van der Waals surface area contributed by atoms with Crippen LogP contribution >= 0.6 is 23.2 Å². The average Bonchev–Trinajstić information content (AvgIpc) is 2.36. The van der Waals surface area contributed by atoms with Crippen molar-refractivity contribution >= 4 is 23.2 Å². The lowest BCUT2D eigenvalue weighted by Gasteiger charge is -2.34. The van der Waals surface area contributed by atoms with Crippen LogP contribution in [0.3, 0.4) is 0 Å². The molecule has 0 aliphatic carbocycles. The molecule has 1 aliphatic heterocycles. The van der Waals surface area contributed by atoms with Gasteiger partial charge in [-0.3, -0.25) is 4.90 Å². The highest BCUT2D eigenvalue weighted by Gasteiger charge is 2.20. The van der Waals surface area contributed by atoms with Gasteiger partial charge in [-0.2, -0.15) is 0 Å². The molecule has 1 aromatic rings. The molecule has 2 rings (SSSR count). The standard InChI is InChI=1S/C13H18Cl2N2/c1-2-13(17-7-5-16-6-8-17)10-3-4-11(14)12(15)9-10/h3-4,9,13,16H,2,5-8H2,1H3. The van der Waals surface area contributed by atoms with E-state index in [0.29, 0.717) is 16.1 Å². The third kappa shape index (κ3) is 3.14. The molecule has 1 unspecified atom stereocenters. The Morgan fingerprint density at radius 1 is 1.24 bits per heavy atom. The number of rotatable bonds is 3. The number of piperazine rings is 1. The zero-order valence-electron chi connectivity index (χ0n) is 10.0. The van der Waals surface area contributed by atoms with Crippen molar-refractivity contribution in [1.82, 2.24) is 10.2 Å². The van der Waals surface area contributed by atoms with Crippen LogP contribution in [0.4, 0.5) is 0 Å². The van der Waals surface area contributed by atoms with Crippen LogP contribution in [0.5, 0.6) is 0 Å². The molecule has 0 saturated carbocycles. The van der Waals surface area contributed by atoms with Crippen molar-refractivity contribution in [2.75, 3.05) is 26.2 Å². The van der Waals surface area contributed by atoms with E-state index < -0.39 is 0 Å². The van der Waals surface area contributed by atoms with E-state index in [1.165, 1.54) is 5.56 Å². The lowest BCUT2D eigenvalue weighted by atomic mass is 10.0. The highest BCUT2D eigenvalue weighted by atomic mass is 35.5. The largest absolute Gasteiger partial charge is 0.314 e. The Morgan fingerprint density at radius 3 is 2.53 bits per heavy atom. The van der Waals surface area contributed by atoms with E-state index in [1.807, 2.05) is 12.1 Å². The van der Waals surface area contributed by atoms with Crippen LogP contribution in [0.25, 0.3) is 0 Å². The van der Waals surface area contributed by atoms with Crippen molar-refractivity contribution in [3.05, 3.63) is 33.8 Å². The van der Waals surface area contributed by atoms with E-state index in [4.69, 9.17) is 23.2 Å². The van der Waals surface area contributed by atoms with Gasteiger partial charge >= 0.3 is 0 Å². The second-order valence-corrected chi connectivity index (χ2v) is 5.20. The molecule has 1 atom stereocenters. The minimum Gasteiger partial charge on any atom is -0.314 e. The van der Waals surface area contributed by atoms with Gasteiger partial charge in [0.05, 0.1) is 10.0 Å². The lowest BCUT2D eigenvalue weighted by molar-refractivity contribution is 0.169. The van der Waals surface area contributed by atoms with Crippen molar-refractivity contribution < 1.29 is 0 Å². The maximum absolute atomic E-state index is 6.09. The number of halogens is 2. The zero-order valence-corrected chi connectivity index (χ0v) is 11.6. The SMILES string of the molecule is CCC(c1ccc(Cl)c(Cl)c1)N1CCNCC1. The first-order valence-electron chi connectivity index (χ1n) is 6.12. The molecule has 17 heavy (non-hydrogen) atoms. The first kappa shape index (κ1) is 13.2. The van der Waals surface area contributed by atoms with E-state index >= 15 is 0 Å². The van der Waals surface area contributed by atoms with Gasteiger partial charge in [0.15, 0.2) is 0 Å². The number of hydrogen-bond donors (Lipinski definition) is 1. The Kier molecular flexibility index (Phi) is 4.69. The van der Waals surface area contributed by atoms with Crippen LogP contribution in [0, 0.1) is 0 Å². The molecular weight excluding hydrogens is 255 g/mol. The molecule has 0 aromatic heterocycles. The van der Waals surface area contributed by atoms with Crippen molar-refractivity contribution in [1.29, 1.82) is 0 Å². The molecule has 1 saturated heterocycles. The minimum atomic E-state index is 0.451. The molecule has 0 radical (unpaired) electrons. The summed E-state index contributed by atoms with van der Waals surface area (Å²) in [5.41, 5.74) is 1.27. The van der Waals surface area contributed by atoms with Crippen LogP contribution < -0.4 is 5.32 Å². The highest BCUT2D eigenvalue weighted by Crippen LogP contribution is 2.30. The van der Waals surface area contributed by atoms with E-state index in [9.17, 15) is 0 Å². The van der Waals surface area contributed by atoms with Crippen LogP contribution in [0.15, 0.2) is 18.2 Å². The van der Waals surface area contributed by atoms with Gasteiger partial charge in [0, 0.05) is 32.2 Å². The first-order valence-corrected chi connectivity index (χ1v) is 6.87. The molecule has 1 N–H and O–H groups in total. The summed E-state index contributed by atoms with van der Waals surface area (Å²) in [7, 11) is 0. The van der Waals surface area contributed by atoms with E-state index in [1.54, 1.807) is 0 Å². The molecule has 0 spiro atoms. The summed E-state index contributed by atoms with van der Waals surface area (Å²) >= 11 is 12.0. The maximum Gasteiger partial charge on any atom is 0.0595 e. The maximum atomic E-state index is 6.09. The smallest absolute Gasteiger partial charge is 0.0595 e. The molecule has 0 amide bonds. The van der Waals surface area contributed by atoms with Gasteiger partial charge in [-0.1, -0.05) is 36.2 Å². The van der Waals surface area contributed by atoms with E-state index in [-0.39, 0.29) is 0 Å². The third-order valence-corrected chi connectivity index (χ3v) is 4.05. The Labute approximate surface area is 113 Å². The second-order valence-electron chi connectivity index (χ2n) is 4.38. The predicted molar refractivity (Wildman–Crippen MR) is 73.9 cm³/mol. The van der Waals surface area contributed by atoms with Gasteiger partial charge in [0.2, 0.25) is 0 Å². The first-order chi connectivity index (χ1) is 8.22. The van der Waals surface area contributed by atoms with Crippen molar-refractivity contribution in [3.8, 4) is 0 Å². The number of nitrogens with zero attached hydrogens (tertiary/aromatic N) is 1. The van der Waals surface area contributed by atoms with Gasteiger partial charge in [-0.25, -0.2) is 0 Å². The van der Waals surface area contributed by atoms with Crippen LogP contribution in [0.1, 0.15) is 24.9 Å². The number of hydrogen-bond acceptors (Lipinski definition) is 2. The van der Waals surface area contributed by atoms with Crippen LogP contribution in [-0.2, 0) is 0 Å². The molecule has 1 fully saturated rings. The Balaban J connectivity index is 2.18. The summed E-state index contributed by atoms with van der Waals surface area (Å²) < 4.78 is 0. The second kappa shape index (κ2) is 6.05. The fraction of sp³-hybridized carbons (Fsp3) is 0.538. The monoisotopic (exact) mass is 272 g/mol. The molecule has 4 heteroatoms. The number of benzene rings is 1. The Hall–Kier alpha value is -0.280. The Morgan fingerprint density at radius 2 is 1.94 bits per heavy atom.